The third-order valence-electron chi connectivity index (χ3n) is 5.19. The number of hydrogen-bond acceptors (Lipinski definition) is 5. The molecule has 0 amide bonds. The minimum Gasteiger partial charge on any atom is -0.772 e. The van der Waals surface area contributed by atoms with Gasteiger partial charge in [-0.15, -0.1) is 0 Å². The lowest BCUT2D eigenvalue weighted by atomic mass is 9.81. The Hall–Kier alpha value is -3.06. The first-order chi connectivity index (χ1) is 14.6. The predicted octanol–water partition coefficient (Wildman–Crippen LogP) is 3.77. The van der Waals surface area contributed by atoms with Crippen LogP contribution in [0.4, 0.5) is 0 Å². The van der Waals surface area contributed by atoms with Crippen molar-refractivity contribution in [3.63, 3.8) is 0 Å². The summed E-state index contributed by atoms with van der Waals surface area (Å²) in [5.74, 6) is 0.638. The van der Waals surface area contributed by atoms with Crippen LogP contribution in [0.5, 0.6) is 5.75 Å². The molecule has 6 heteroatoms. The molecule has 0 spiro atoms. The van der Waals surface area contributed by atoms with Crippen molar-refractivity contribution >= 4 is 28.7 Å². The fourth-order valence-electron chi connectivity index (χ4n) is 3.79. The normalized spacial score (nSPS) is 16.5. The lowest BCUT2D eigenvalue weighted by Crippen LogP contribution is -2.17. The number of rotatable bonds is 6. The van der Waals surface area contributed by atoms with Crippen molar-refractivity contribution in [3.8, 4) is 5.75 Å². The van der Waals surface area contributed by atoms with E-state index in [4.69, 9.17) is 10.5 Å². The lowest BCUT2D eigenvalue weighted by molar-refractivity contribution is -0.108. The molecule has 0 bridgehead atoms. The van der Waals surface area contributed by atoms with Crippen LogP contribution in [0.25, 0.3) is 11.3 Å². The highest BCUT2D eigenvalue weighted by atomic mass is 32.2. The Bertz CT molecular complexity index is 1140. The van der Waals surface area contributed by atoms with E-state index in [1.807, 2.05) is 60.7 Å². The van der Waals surface area contributed by atoms with E-state index in [9.17, 15) is 13.6 Å². The molecule has 3 aromatic carbocycles. The summed E-state index contributed by atoms with van der Waals surface area (Å²) < 4.78 is 28.3. The SMILES string of the molecule is NCc1ccccc1C1=C(c2ccc(CS(=O)[O-])cc2)Oc2ccccc2C1C=O. The number of fused-ring (bicyclic) bond motifs is 1. The predicted molar refractivity (Wildman–Crippen MR) is 116 cm³/mol. The van der Waals surface area contributed by atoms with Gasteiger partial charge < -0.3 is 19.8 Å². The van der Waals surface area contributed by atoms with Crippen molar-refractivity contribution in [2.24, 2.45) is 5.73 Å². The van der Waals surface area contributed by atoms with E-state index < -0.39 is 17.0 Å². The molecule has 0 saturated carbocycles. The monoisotopic (exact) mass is 418 g/mol. The Morgan fingerprint density at radius 1 is 1.00 bits per heavy atom. The molecule has 0 fully saturated rings. The second kappa shape index (κ2) is 8.75. The van der Waals surface area contributed by atoms with Crippen LogP contribution in [0.15, 0.2) is 72.8 Å². The molecule has 5 nitrogen and oxygen atoms in total. The zero-order chi connectivity index (χ0) is 21.1. The molecule has 2 N–H and O–H groups in total. The van der Waals surface area contributed by atoms with Gasteiger partial charge in [-0.1, -0.05) is 77.8 Å². The zero-order valence-electron chi connectivity index (χ0n) is 16.1. The molecule has 2 atom stereocenters. The van der Waals surface area contributed by atoms with Crippen molar-refractivity contribution in [2.45, 2.75) is 18.2 Å². The van der Waals surface area contributed by atoms with Crippen LogP contribution in [0.3, 0.4) is 0 Å². The van der Waals surface area contributed by atoms with Crippen molar-refractivity contribution in [1.29, 1.82) is 0 Å². The second-order valence-corrected chi connectivity index (χ2v) is 7.90. The van der Waals surface area contributed by atoms with Gasteiger partial charge >= 0.3 is 0 Å². The van der Waals surface area contributed by atoms with Gasteiger partial charge in [-0.25, -0.2) is 0 Å². The third-order valence-corrected chi connectivity index (χ3v) is 5.75. The highest BCUT2D eigenvalue weighted by Crippen LogP contribution is 2.46. The number of para-hydroxylation sites is 1. The number of ether oxygens (including phenoxy) is 1. The standard InChI is InChI=1S/C24H21NO4S/c25-13-18-5-1-2-6-19(18)23-21(14-26)20-7-3-4-8-22(20)29-24(23)17-11-9-16(10-12-17)15-30(27)28/h1-12,14,21H,13,15,25H2,(H,27,28)/p-1. The number of aldehydes is 1. The average molecular weight is 418 g/mol. The van der Waals surface area contributed by atoms with Crippen LogP contribution in [-0.2, 0) is 28.2 Å². The number of allylic oxidation sites excluding steroid dienone is 1. The Kier molecular flexibility index (Phi) is 5.90. The summed E-state index contributed by atoms with van der Waals surface area (Å²) in [5.41, 5.74) is 10.8. The topological polar surface area (TPSA) is 92.5 Å². The lowest BCUT2D eigenvalue weighted by Gasteiger charge is -2.29. The number of nitrogens with two attached hydrogens (primary N) is 1. The molecule has 3 aromatic rings. The van der Waals surface area contributed by atoms with Gasteiger partial charge in [0.05, 0.1) is 5.92 Å². The molecule has 0 aromatic heterocycles. The Balaban J connectivity index is 1.93. The summed E-state index contributed by atoms with van der Waals surface area (Å²) in [6.45, 7) is 0.328. The first kappa shape index (κ1) is 20.2. The van der Waals surface area contributed by atoms with E-state index in [2.05, 4.69) is 0 Å². The Morgan fingerprint density at radius 3 is 2.40 bits per heavy atom. The van der Waals surface area contributed by atoms with Crippen LogP contribution < -0.4 is 10.5 Å². The quantitative estimate of drug-likeness (QED) is 0.486. The molecule has 30 heavy (non-hydrogen) atoms. The molecule has 0 radical (unpaired) electrons. The minimum atomic E-state index is -2.16. The minimum absolute atomic E-state index is 0.0527. The van der Waals surface area contributed by atoms with Crippen LogP contribution in [0, 0.1) is 0 Å². The Labute approximate surface area is 177 Å². The maximum Gasteiger partial charge on any atom is 0.139 e. The van der Waals surface area contributed by atoms with Gasteiger partial charge in [0.25, 0.3) is 0 Å². The molecule has 0 aliphatic carbocycles. The summed E-state index contributed by atoms with van der Waals surface area (Å²) in [6.07, 6.45) is 0.929. The van der Waals surface area contributed by atoms with E-state index in [1.54, 1.807) is 12.1 Å². The summed E-state index contributed by atoms with van der Waals surface area (Å²) >= 11 is -2.16. The molecule has 1 heterocycles. The van der Waals surface area contributed by atoms with E-state index in [0.29, 0.717) is 23.6 Å². The summed E-state index contributed by atoms with van der Waals surface area (Å²) in [5, 5.41) is 0. The van der Waals surface area contributed by atoms with Gasteiger partial charge in [-0.3, -0.25) is 4.21 Å². The van der Waals surface area contributed by atoms with Crippen LogP contribution in [-0.4, -0.2) is 15.0 Å². The first-order valence-corrected chi connectivity index (χ1v) is 10.8. The summed E-state index contributed by atoms with van der Waals surface area (Å²) in [6, 6.07) is 22.3. The number of carbonyl (C=O) groups is 1. The molecule has 2 unspecified atom stereocenters. The molecular formula is C24H20NO4S-. The van der Waals surface area contributed by atoms with Crippen LogP contribution in [0.2, 0.25) is 0 Å². The zero-order valence-corrected chi connectivity index (χ0v) is 16.9. The highest BCUT2D eigenvalue weighted by molar-refractivity contribution is 7.78. The molecule has 1 aliphatic heterocycles. The van der Waals surface area contributed by atoms with Crippen LogP contribution in [0.1, 0.15) is 33.7 Å². The third kappa shape index (κ3) is 3.85. The smallest absolute Gasteiger partial charge is 0.139 e. The second-order valence-electron chi connectivity index (χ2n) is 7.00. The molecule has 4 rings (SSSR count). The first-order valence-electron chi connectivity index (χ1n) is 9.52. The van der Waals surface area contributed by atoms with Gasteiger partial charge in [0.1, 0.15) is 17.8 Å². The largest absolute Gasteiger partial charge is 0.772 e. The molecular weight excluding hydrogens is 398 g/mol. The van der Waals surface area contributed by atoms with Gasteiger partial charge in [0.2, 0.25) is 0 Å². The summed E-state index contributed by atoms with van der Waals surface area (Å²) in [7, 11) is 0. The molecule has 0 saturated heterocycles. The number of hydrogen-bond donors (Lipinski definition) is 1. The van der Waals surface area contributed by atoms with E-state index in [1.165, 1.54) is 0 Å². The number of carbonyl (C=O) groups excluding carboxylic acids is 1. The molecule has 152 valence electrons. The van der Waals surface area contributed by atoms with E-state index in [0.717, 1.165) is 34.1 Å². The van der Waals surface area contributed by atoms with E-state index in [-0.39, 0.29) is 5.75 Å². The van der Waals surface area contributed by atoms with Crippen molar-refractivity contribution in [3.05, 3.63) is 101 Å². The van der Waals surface area contributed by atoms with Crippen LogP contribution >= 0.6 is 0 Å². The van der Waals surface area contributed by atoms with E-state index >= 15 is 0 Å². The number of benzene rings is 3. The average Bonchev–Trinajstić information content (AvgIpc) is 2.78. The maximum absolute atomic E-state index is 12.3. The van der Waals surface area contributed by atoms with Gasteiger partial charge in [0, 0.05) is 29.0 Å². The van der Waals surface area contributed by atoms with Crippen molar-refractivity contribution < 1.29 is 18.3 Å². The van der Waals surface area contributed by atoms with Gasteiger partial charge in [0.15, 0.2) is 0 Å². The molecule has 1 aliphatic rings. The summed E-state index contributed by atoms with van der Waals surface area (Å²) in [4.78, 5) is 12.3. The van der Waals surface area contributed by atoms with Gasteiger partial charge in [-0.05, 0) is 22.8 Å². The highest BCUT2D eigenvalue weighted by Gasteiger charge is 2.32. The van der Waals surface area contributed by atoms with Crippen molar-refractivity contribution in [2.75, 3.05) is 0 Å². The van der Waals surface area contributed by atoms with Gasteiger partial charge in [-0.2, -0.15) is 0 Å². The van der Waals surface area contributed by atoms with Crippen molar-refractivity contribution in [1.82, 2.24) is 0 Å². The fraction of sp³-hybridized carbons (Fsp3) is 0.125. The maximum atomic E-state index is 12.3. The fourth-order valence-corrected chi connectivity index (χ4v) is 4.25. The Morgan fingerprint density at radius 2 is 1.70 bits per heavy atom.